The maximum absolute atomic E-state index is 11.7. The van der Waals surface area contributed by atoms with Crippen LogP contribution in [0.4, 0.5) is 0 Å². The number of benzene rings is 1. The van der Waals surface area contributed by atoms with Crippen molar-refractivity contribution in [3.8, 4) is 0 Å². The highest BCUT2D eigenvalue weighted by molar-refractivity contribution is 5.80. The zero-order valence-electron chi connectivity index (χ0n) is 13.5. The fourth-order valence-corrected chi connectivity index (χ4v) is 2.40. The van der Waals surface area contributed by atoms with Crippen molar-refractivity contribution in [1.82, 2.24) is 5.32 Å². The van der Waals surface area contributed by atoms with E-state index in [9.17, 15) is 4.79 Å². The minimum absolute atomic E-state index is 0.0648. The van der Waals surface area contributed by atoms with Crippen molar-refractivity contribution >= 4 is 5.78 Å². The van der Waals surface area contributed by atoms with Crippen LogP contribution in [-0.2, 0) is 10.3 Å². The van der Waals surface area contributed by atoms with Crippen molar-refractivity contribution < 1.29 is 15.1 Å². The van der Waals surface area contributed by atoms with Gasteiger partial charge in [-0.15, -0.1) is 10.1 Å². The first kappa shape index (κ1) is 20.1. The highest BCUT2D eigenvalue weighted by Crippen LogP contribution is 2.28. The minimum Gasteiger partial charge on any atom is -0.328 e. The molecule has 0 fully saturated rings. The predicted molar refractivity (Wildman–Crippen MR) is 85.4 cm³/mol. The van der Waals surface area contributed by atoms with Crippen molar-refractivity contribution in [2.45, 2.75) is 52.0 Å². The summed E-state index contributed by atoms with van der Waals surface area (Å²) in [5, 5.41) is 17.1. The minimum atomic E-state index is -1.50. The van der Waals surface area contributed by atoms with Gasteiger partial charge in [0.1, 0.15) is 5.78 Å². The molecule has 0 aliphatic carbocycles. The van der Waals surface area contributed by atoms with E-state index in [0.717, 1.165) is 19.3 Å². The predicted octanol–water partition coefficient (Wildman–Crippen LogP) is 3.31. The molecule has 0 radical (unpaired) electrons. The molecule has 0 atom stereocenters. The molecule has 1 aromatic rings. The highest BCUT2D eigenvalue weighted by atomic mass is 16.9. The van der Waals surface area contributed by atoms with Crippen molar-refractivity contribution in [3.63, 3.8) is 0 Å². The first-order valence-electron chi connectivity index (χ1n) is 7.57. The highest BCUT2D eigenvalue weighted by Gasteiger charge is 2.27. The Labute approximate surface area is 131 Å². The van der Waals surface area contributed by atoms with Crippen molar-refractivity contribution in [3.05, 3.63) is 46.0 Å². The van der Waals surface area contributed by atoms with Crippen LogP contribution in [-0.4, -0.2) is 22.6 Å². The third kappa shape index (κ3) is 7.17. The van der Waals surface area contributed by atoms with Gasteiger partial charge in [-0.2, -0.15) is 0 Å². The lowest BCUT2D eigenvalue weighted by Crippen LogP contribution is -2.44. The molecule has 0 bridgehead atoms. The summed E-state index contributed by atoms with van der Waals surface area (Å²) < 4.78 is 0. The van der Waals surface area contributed by atoms with Gasteiger partial charge in [-0.25, -0.2) is 0 Å². The fourth-order valence-electron chi connectivity index (χ4n) is 2.40. The second-order valence-corrected chi connectivity index (χ2v) is 5.04. The van der Waals surface area contributed by atoms with Crippen LogP contribution in [0.15, 0.2) is 30.3 Å². The van der Waals surface area contributed by atoms with E-state index in [1.165, 1.54) is 5.56 Å². The molecular formula is C16H26N2O4. The molecular weight excluding hydrogens is 284 g/mol. The van der Waals surface area contributed by atoms with E-state index in [-0.39, 0.29) is 5.54 Å². The number of Topliss-reactive ketones (excluding diaryl/α,β-unsaturated/α-hetero) is 1. The van der Waals surface area contributed by atoms with Crippen molar-refractivity contribution in [2.75, 3.05) is 6.54 Å². The Morgan fingerprint density at radius 3 is 2.14 bits per heavy atom. The first-order chi connectivity index (χ1) is 10.4. The summed E-state index contributed by atoms with van der Waals surface area (Å²) >= 11 is 0. The Hall–Kier alpha value is -1.95. The Kier molecular flexibility index (Phi) is 9.78. The van der Waals surface area contributed by atoms with E-state index < -0.39 is 5.09 Å². The van der Waals surface area contributed by atoms with Crippen LogP contribution in [0.25, 0.3) is 0 Å². The average molecular weight is 310 g/mol. The molecule has 0 saturated carbocycles. The van der Waals surface area contributed by atoms with E-state index in [1.54, 1.807) is 0 Å². The molecule has 124 valence electrons. The third-order valence-electron chi connectivity index (χ3n) is 3.69. The van der Waals surface area contributed by atoms with Crippen molar-refractivity contribution in [1.29, 1.82) is 0 Å². The Morgan fingerprint density at radius 1 is 1.23 bits per heavy atom. The number of ketones is 1. The van der Waals surface area contributed by atoms with Gasteiger partial charge in [0.25, 0.3) is 5.09 Å². The number of carbonyl (C=O) groups is 1. The monoisotopic (exact) mass is 310 g/mol. The average Bonchev–Trinajstić information content (AvgIpc) is 2.50. The summed E-state index contributed by atoms with van der Waals surface area (Å²) in [6, 6.07) is 10.4. The summed E-state index contributed by atoms with van der Waals surface area (Å²) in [4.78, 5) is 20.1. The van der Waals surface area contributed by atoms with Gasteiger partial charge in [-0.05, 0) is 24.8 Å². The van der Waals surface area contributed by atoms with Crippen LogP contribution < -0.4 is 5.32 Å². The lowest BCUT2D eigenvalue weighted by molar-refractivity contribution is -0.742. The smallest absolute Gasteiger partial charge is 0.291 e. The lowest BCUT2D eigenvalue weighted by Gasteiger charge is -2.33. The van der Waals surface area contributed by atoms with Gasteiger partial charge in [0.15, 0.2) is 0 Å². The molecule has 0 spiro atoms. The molecule has 2 N–H and O–H groups in total. The van der Waals surface area contributed by atoms with E-state index >= 15 is 0 Å². The van der Waals surface area contributed by atoms with Gasteiger partial charge in [0.2, 0.25) is 0 Å². The van der Waals surface area contributed by atoms with Gasteiger partial charge in [-0.3, -0.25) is 4.79 Å². The number of carbonyl (C=O) groups excluding carboxylic acids is 1. The normalized spacial score (nSPS) is 10.5. The standard InChI is InChI=1S/C16H25NO.HNO3/c1-4-10-15(18)13-17-16(5-2,6-3)14-11-8-7-9-12-14;2-1(3)4/h7-9,11-12,17H,4-6,10,13H2,1-3H3;(H,2,3,4). The molecule has 0 heterocycles. The van der Waals surface area contributed by atoms with Crippen LogP contribution in [0.5, 0.6) is 0 Å². The zero-order valence-corrected chi connectivity index (χ0v) is 13.5. The lowest BCUT2D eigenvalue weighted by atomic mass is 9.84. The quantitative estimate of drug-likeness (QED) is 0.567. The number of hydrogen-bond donors (Lipinski definition) is 2. The zero-order chi connectivity index (χ0) is 17.0. The fraction of sp³-hybridized carbons (Fsp3) is 0.562. The summed E-state index contributed by atoms with van der Waals surface area (Å²) in [6.07, 6.45) is 3.59. The van der Waals surface area contributed by atoms with Gasteiger partial charge < -0.3 is 10.5 Å². The SMILES string of the molecule is CCCC(=O)CNC(CC)(CC)c1ccccc1.O=[N+]([O-])O. The Morgan fingerprint density at radius 2 is 1.73 bits per heavy atom. The Bertz CT molecular complexity index is 441. The van der Waals surface area contributed by atoms with Gasteiger partial charge >= 0.3 is 0 Å². The molecule has 6 nitrogen and oxygen atoms in total. The molecule has 0 saturated heterocycles. The maximum Gasteiger partial charge on any atom is 0.291 e. The molecule has 0 aromatic heterocycles. The number of hydrogen-bond acceptors (Lipinski definition) is 4. The number of nitrogens with zero attached hydrogens (tertiary/aromatic N) is 1. The van der Waals surface area contributed by atoms with Crippen LogP contribution in [0.3, 0.4) is 0 Å². The summed E-state index contributed by atoms with van der Waals surface area (Å²) in [7, 11) is 0. The number of rotatable bonds is 8. The maximum atomic E-state index is 11.7. The van der Waals surface area contributed by atoms with E-state index in [1.807, 2.05) is 13.0 Å². The van der Waals surface area contributed by atoms with Gasteiger partial charge in [-0.1, -0.05) is 51.1 Å². The van der Waals surface area contributed by atoms with Crippen LogP contribution in [0.2, 0.25) is 0 Å². The molecule has 0 aliphatic rings. The Balaban J connectivity index is 0.000000980. The second-order valence-electron chi connectivity index (χ2n) is 5.04. The summed E-state index contributed by atoms with van der Waals surface area (Å²) in [6.45, 7) is 6.87. The van der Waals surface area contributed by atoms with Gasteiger partial charge in [0, 0.05) is 12.0 Å². The summed E-state index contributed by atoms with van der Waals surface area (Å²) in [5.41, 5.74) is 1.21. The van der Waals surface area contributed by atoms with E-state index in [2.05, 4.69) is 43.4 Å². The first-order valence-corrected chi connectivity index (χ1v) is 7.57. The van der Waals surface area contributed by atoms with Gasteiger partial charge in [0.05, 0.1) is 6.54 Å². The second kappa shape index (κ2) is 10.7. The molecule has 1 aromatic carbocycles. The van der Waals surface area contributed by atoms with E-state index in [0.29, 0.717) is 18.7 Å². The van der Waals surface area contributed by atoms with Crippen molar-refractivity contribution in [2.24, 2.45) is 0 Å². The van der Waals surface area contributed by atoms with Crippen LogP contribution in [0.1, 0.15) is 52.0 Å². The van der Waals surface area contributed by atoms with Crippen LogP contribution >= 0.6 is 0 Å². The molecule has 1 rings (SSSR count). The molecule has 22 heavy (non-hydrogen) atoms. The topological polar surface area (TPSA) is 92.5 Å². The molecule has 6 heteroatoms. The molecule has 0 aliphatic heterocycles. The molecule has 0 unspecified atom stereocenters. The third-order valence-corrected chi connectivity index (χ3v) is 3.69. The molecule has 0 amide bonds. The summed E-state index contributed by atoms with van der Waals surface area (Å²) in [5.74, 6) is 0.305. The largest absolute Gasteiger partial charge is 0.328 e. The van der Waals surface area contributed by atoms with Crippen LogP contribution in [0, 0.1) is 10.1 Å². The van der Waals surface area contributed by atoms with E-state index in [4.69, 9.17) is 15.3 Å². The number of nitrogens with one attached hydrogen (secondary N) is 1.